The van der Waals surface area contributed by atoms with Gasteiger partial charge in [-0.2, -0.15) is 0 Å². The van der Waals surface area contributed by atoms with Crippen LogP contribution in [0.2, 0.25) is 0 Å². The third-order valence-corrected chi connectivity index (χ3v) is 4.98. The highest BCUT2D eigenvalue weighted by Gasteiger charge is 2.10. The lowest BCUT2D eigenvalue weighted by Crippen LogP contribution is -2.26. The van der Waals surface area contributed by atoms with E-state index in [-0.39, 0.29) is 18.7 Å². The van der Waals surface area contributed by atoms with E-state index in [9.17, 15) is 9.59 Å². The maximum Gasteiger partial charge on any atom is 0.306 e. The zero-order valence-corrected chi connectivity index (χ0v) is 19.9. The van der Waals surface area contributed by atoms with Crippen LogP contribution in [0.25, 0.3) is 0 Å². The van der Waals surface area contributed by atoms with Gasteiger partial charge in [0, 0.05) is 13.0 Å². The van der Waals surface area contributed by atoms with Crippen LogP contribution in [0.3, 0.4) is 0 Å². The maximum atomic E-state index is 11.9. The summed E-state index contributed by atoms with van der Waals surface area (Å²) in [4.78, 5) is 23.1. The van der Waals surface area contributed by atoms with E-state index in [0.29, 0.717) is 37.7 Å². The number of allylic oxidation sites excluding steroid dienone is 3. The molecule has 6 nitrogen and oxygen atoms in total. The summed E-state index contributed by atoms with van der Waals surface area (Å²) >= 11 is 0. The zero-order valence-electron chi connectivity index (χ0n) is 19.9. The molecule has 2 rings (SSSR count). The van der Waals surface area contributed by atoms with Crippen molar-refractivity contribution in [2.75, 3.05) is 20.3 Å². The highest BCUT2D eigenvalue weighted by Crippen LogP contribution is 2.30. The van der Waals surface area contributed by atoms with E-state index in [0.717, 1.165) is 16.7 Å². The maximum absolute atomic E-state index is 11.9. The lowest BCUT2D eigenvalue weighted by Gasteiger charge is -2.15. The van der Waals surface area contributed by atoms with Crippen LogP contribution in [0, 0.1) is 0 Å². The van der Waals surface area contributed by atoms with Gasteiger partial charge in [-0.3, -0.25) is 9.59 Å². The first kappa shape index (κ1) is 26.5. The summed E-state index contributed by atoms with van der Waals surface area (Å²) in [6, 6.07) is 15.7. The molecule has 0 aliphatic heterocycles. The fourth-order valence-electron chi connectivity index (χ4n) is 3.01. The van der Waals surface area contributed by atoms with Gasteiger partial charge < -0.3 is 19.5 Å². The van der Waals surface area contributed by atoms with Gasteiger partial charge in [0.05, 0.1) is 13.5 Å². The van der Waals surface area contributed by atoms with Crippen LogP contribution in [-0.2, 0) is 27.4 Å². The fourth-order valence-corrected chi connectivity index (χ4v) is 3.01. The van der Waals surface area contributed by atoms with Crippen LogP contribution in [0.15, 0.2) is 85.0 Å². The predicted molar refractivity (Wildman–Crippen MR) is 134 cm³/mol. The van der Waals surface area contributed by atoms with E-state index in [1.165, 1.54) is 7.11 Å². The van der Waals surface area contributed by atoms with Gasteiger partial charge in [0.1, 0.15) is 13.2 Å². The van der Waals surface area contributed by atoms with Gasteiger partial charge in [-0.25, -0.2) is 0 Å². The van der Waals surface area contributed by atoms with Crippen molar-refractivity contribution < 1.29 is 23.8 Å². The van der Waals surface area contributed by atoms with Gasteiger partial charge in [0.15, 0.2) is 11.5 Å². The minimum absolute atomic E-state index is 0.0708. The molecule has 2 aromatic carbocycles. The summed E-state index contributed by atoms with van der Waals surface area (Å²) in [5, 5.41) is 2.83. The Hall–Kier alpha value is -3.80. The molecular formula is C28H33NO5. The largest absolute Gasteiger partial charge is 0.485 e. The smallest absolute Gasteiger partial charge is 0.306 e. The Morgan fingerprint density at radius 2 is 1.79 bits per heavy atom. The number of hydrogen-bond donors (Lipinski definition) is 1. The first-order chi connectivity index (χ1) is 16.5. The van der Waals surface area contributed by atoms with Crippen molar-refractivity contribution in [3.63, 3.8) is 0 Å². The SMILES string of the molecule is C=C/C=C\C(=C/C)COc1cc(CCNC(=O)CCC(=O)OC)ccc1OCc1ccccc1. The number of nitrogens with one attached hydrogen (secondary N) is 1. The molecule has 0 aromatic heterocycles. The van der Waals surface area contributed by atoms with Crippen LogP contribution in [0.4, 0.5) is 0 Å². The lowest BCUT2D eigenvalue weighted by atomic mass is 10.1. The second-order valence-electron chi connectivity index (χ2n) is 7.48. The highest BCUT2D eigenvalue weighted by atomic mass is 16.5. The second-order valence-corrected chi connectivity index (χ2v) is 7.48. The van der Waals surface area contributed by atoms with E-state index >= 15 is 0 Å². The molecule has 0 radical (unpaired) electrons. The second kappa shape index (κ2) is 15.1. The summed E-state index contributed by atoms with van der Waals surface area (Å²) < 4.78 is 16.7. The lowest BCUT2D eigenvalue weighted by molar-refractivity contribution is -0.142. The van der Waals surface area contributed by atoms with E-state index in [1.807, 2.05) is 73.7 Å². The van der Waals surface area contributed by atoms with Crippen LogP contribution < -0.4 is 14.8 Å². The third-order valence-electron chi connectivity index (χ3n) is 4.98. The van der Waals surface area contributed by atoms with Crippen molar-refractivity contribution in [3.8, 4) is 11.5 Å². The standard InChI is InChI=1S/C28H33NO5/c1-4-6-10-22(5-2)20-34-26-19-23(17-18-29-27(30)15-16-28(31)32-3)13-14-25(26)33-21-24-11-8-7-9-12-24/h4-14,19H,1,15-18,20-21H2,2-3H3,(H,29,30)/b10-6-,22-5+. The molecule has 0 atom stereocenters. The van der Waals surface area contributed by atoms with E-state index in [4.69, 9.17) is 9.47 Å². The molecule has 0 saturated heterocycles. The molecule has 0 aliphatic rings. The molecule has 0 heterocycles. The summed E-state index contributed by atoms with van der Waals surface area (Å²) in [5.74, 6) is 0.706. The Labute approximate surface area is 201 Å². The van der Waals surface area contributed by atoms with Gasteiger partial charge in [-0.05, 0) is 42.2 Å². The Morgan fingerprint density at radius 3 is 2.50 bits per heavy atom. The number of amides is 1. The van der Waals surface area contributed by atoms with Gasteiger partial charge in [0.25, 0.3) is 0 Å². The third kappa shape index (κ3) is 9.77. The normalized spacial score (nSPS) is 11.2. The topological polar surface area (TPSA) is 73.9 Å². The average molecular weight is 464 g/mol. The van der Waals surface area contributed by atoms with Crippen molar-refractivity contribution in [3.05, 3.63) is 96.1 Å². The molecule has 34 heavy (non-hydrogen) atoms. The van der Waals surface area contributed by atoms with E-state index in [2.05, 4.69) is 16.6 Å². The molecule has 0 spiro atoms. The first-order valence-electron chi connectivity index (χ1n) is 11.3. The van der Waals surface area contributed by atoms with Crippen molar-refractivity contribution in [2.24, 2.45) is 0 Å². The molecule has 2 aromatic rings. The van der Waals surface area contributed by atoms with Gasteiger partial charge in [-0.1, -0.05) is 67.3 Å². The molecule has 6 heteroatoms. The van der Waals surface area contributed by atoms with Crippen molar-refractivity contribution in [1.29, 1.82) is 0 Å². The van der Waals surface area contributed by atoms with Crippen LogP contribution in [0.1, 0.15) is 30.9 Å². The summed E-state index contributed by atoms with van der Waals surface area (Å²) in [6.45, 7) is 6.92. The van der Waals surface area contributed by atoms with Gasteiger partial charge in [-0.15, -0.1) is 0 Å². The average Bonchev–Trinajstić information content (AvgIpc) is 2.87. The molecule has 0 fully saturated rings. The number of carbonyl (C=O) groups excluding carboxylic acids is 2. The number of rotatable bonds is 14. The number of hydrogen-bond acceptors (Lipinski definition) is 5. The van der Waals surface area contributed by atoms with Crippen LogP contribution in [0.5, 0.6) is 11.5 Å². The number of carbonyl (C=O) groups is 2. The summed E-state index contributed by atoms with van der Waals surface area (Å²) in [5.41, 5.74) is 3.08. The predicted octanol–water partition coefficient (Wildman–Crippen LogP) is 4.94. The number of benzene rings is 2. The molecule has 0 saturated carbocycles. The molecule has 0 aliphatic carbocycles. The zero-order chi connectivity index (χ0) is 24.6. The van der Waals surface area contributed by atoms with Gasteiger partial charge >= 0.3 is 5.97 Å². The van der Waals surface area contributed by atoms with Crippen LogP contribution >= 0.6 is 0 Å². The minimum atomic E-state index is -0.397. The Kier molecular flexibility index (Phi) is 11.8. The number of ether oxygens (including phenoxy) is 3. The van der Waals surface area contributed by atoms with Crippen LogP contribution in [-0.4, -0.2) is 32.1 Å². The van der Waals surface area contributed by atoms with Crippen molar-refractivity contribution >= 4 is 11.9 Å². The number of esters is 1. The molecule has 1 N–H and O–H groups in total. The number of methoxy groups -OCH3 is 1. The molecule has 0 bridgehead atoms. The Bertz CT molecular complexity index is 995. The Balaban J connectivity index is 2.03. The Morgan fingerprint density at radius 1 is 1.00 bits per heavy atom. The summed E-state index contributed by atoms with van der Waals surface area (Å²) in [7, 11) is 1.31. The van der Waals surface area contributed by atoms with E-state index < -0.39 is 5.97 Å². The fraction of sp³-hybridized carbons (Fsp3) is 0.286. The minimum Gasteiger partial charge on any atom is -0.485 e. The van der Waals surface area contributed by atoms with Crippen molar-refractivity contribution in [2.45, 2.75) is 32.8 Å². The molecule has 180 valence electrons. The highest BCUT2D eigenvalue weighted by molar-refractivity contribution is 5.81. The monoisotopic (exact) mass is 463 g/mol. The van der Waals surface area contributed by atoms with E-state index in [1.54, 1.807) is 6.08 Å². The molecule has 0 unspecified atom stereocenters. The molecular weight excluding hydrogens is 430 g/mol. The van der Waals surface area contributed by atoms with Crippen molar-refractivity contribution in [1.82, 2.24) is 5.32 Å². The first-order valence-corrected chi connectivity index (χ1v) is 11.3. The molecule has 1 amide bonds. The van der Waals surface area contributed by atoms with Gasteiger partial charge in [0.2, 0.25) is 5.91 Å². The summed E-state index contributed by atoms with van der Waals surface area (Å²) in [6.07, 6.45) is 8.32. The quantitative estimate of drug-likeness (QED) is 0.317.